The molecule has 0 aliphatic rings. The average molecular weight is 317 g/mol. The molecule has 0 aliphatic carbocycles. The van der Waals surface area contributed by atoms with Gasteiger partial charge in [-0.2, -0.15) is 0 Å². The van der Waals surface area contributed by atoms with Crippen molar-refractivity contribution in [3.05, 3.63) is 41.7 Å². The smallest absolute Gasteiger partial charge is 0.244 e. The molecule has 1 unspecified atom stereocenters. The molecule has 0 fully saturated rings. The van der Waals surface area contributed by atoms with Gasteiger partial charge >= 0.3 is 0 Å². The van der Waals surface area contributed by atoms with Crippen LogP contribution in [0, 0.1) is 0 Å². The first-order chi connectivity index (χ1) is 11.2. The summed E-state index contributed by atoms with van der Waals surface area (Å²) in [6, 6.07) is 7.78. The Bertz CT molecular complexity index is 675. The molecule has 2 rings (SSSR count). The van der Waals surface area contributed by atoms with E-state index in [-0.39, 0.29) is 12.5 Å². The van der Waals surface area contributed by atoms with Crippen molar-refractivity contribution in [2.24, 2.45) is 0 Å². The monoisotopic (exact) mass is 317 g/mol. The van der Waals surface area contributed by atoms with Crippen LogP contribution in [-0.2, 0) is 16.0 Å². The van der Waals surface area contributed by atoms with Gasteiger partial charge < -0.3 is 19.6 Å². The van der Waals surface area contributed by atoms with Crippen molar-refractivity contribution >= 4 is 23.0 Å². The number of aliphatic hydroxyl groups excluding tert-OH is 1. The molecule has 0 saturated carbocycles. The number of para-hydroxylation sites is 1. The van der Waals surface area contributed by atoms with E-state index in [0.29, 0.717) is 13.0 Å². The number of ether oxygens (including phenoxy) is 1. The van der Waals surface area contributed by atoms with Crippen LogP contribution in [0.3, 0.4) is 0 Å². The second kappa shape index (κ2) is 8.50. The zero-order valence-electron chi connectivity index (χ0n) is 13.5. The molecule has 1 amide bonds. The highest BCUT2D eigenvalue weighted by Crippen LogP contribution is 2.27. The summed E-state index contributed by atoms with van der Waals surface area (Å²) in [5.74, 6) is 0.674. The predicted octanol–water partition coefficient (Wildman–Crippen LogP) is 2.52. The average Bonchev–Trinajstić information content (AvgIpc) is 2.91. The minimum absolute atomic E-state index is 0.193. The van der Waals surface area contributed by atoms with Gasteiger partial charge in [-0.3, -0.25) is 4.79 Å². The Kier molecular flexibility index (Phi) is 6.38. The summed E-state index contributed by atoms with van der Waals surface area (Å²) in [4.78, 5) is 11.9. The molecule has 0 bridgehead atoms. The number of benzene rings is 1. The van der Waals surface area contributed by atoms with Gasteiger partial charge in [-0.15, -0.1) is 0 Å². The standard InChI is InChI=1S/C18H23NO4/c1-3-16-15(14-6-4-5-7-17(14)23-16)8-9-18(21)19-11-10-13(20)12-22-2/h4-9,13,20H,3,10-12H2,1-2H3,(H,19,21)/b9-8+. The van der Waals surface area contributed by atoms with Crippen LogP contribution in [-0.4, -0.2) is 37.4 Å². The minimum atomic E-state index is -0.561. The highest BCUT2D eigenvalue weighted by atomic mass is 16.5. The second-order valence-corrected chi connectivity index (χ2v) is 5.31. The highest BCUT2D eigenvalue weighted by Gasteiger charge is 2.10. The zero-order valence-corrected chi connectivity index (χ0v) is 13.5. The van der Waals surface area contributed by atoms with E-state index in [0.717, 1.165) is 28.7 Å². The van der Waals surface area contributed by atoms with Gasteiger partial charge in [0, 0.05) is 37.1 Å². The third-order valence-electron chi connectivity index (χ3n) is 3.57. The number of aliphatic hydroxyl groups is 1. The van der Waals surface area contributed by atoms with Crippen molar-refractivity contribution in [1.82, 2.24) is 5.32 Å². The first-order valence-electron chi connectivity index (χ1n) is 7.79. The van der Waals surface area contributed by atoms with Crippen molar-refractivity contribution in [3.63, 3.8) is 0 Å². The molecule has 1 aromatic heterocycles. The number of carbonyl (C=O) groups is 1. The van der Waals surface area contributed by atoms with Gasteiger partial charge in [-0.1, -0.05) is 25.1 Å². The van der Waals surface area contributed by atoms with Crippen LogP contribution < -0.4 is 5.32 Å². The number of furan rings is 1. The third kappa shape index (κ3) is 4.68. The molecule has 0 aliphatic heterocycles. The molecule has 5 heteroatoms. The van der Waals surface area contributed by atoms with Crippen LogP contribution in [0.2, 0.25) is 0 Å². The molecule has 0 radical (unpaired) electrons. The fourth-order valence-corrected chi connectivity index (χ4v) is 2.42. The summed E-state index contributed by atoms with van der Waals surface area (Å²) in [6.07, 6.45) is 3.94. The van der Waals surface area contributed by atoms with Crippen molar-refractivity contribution in [2.75, 3.05) is 20.3 Å². The lowest BCUT2D eigenvalue weighted by Crippen LogP contribution is -2.27. The van der Waals surface area contributed by atoms with E-state index in [1.165, 1.54) is 13.2 Å². The number of rotatable bonds is 8. The summed E-state index contributed by atoms with van der Waals surface area (Å²) in [5, 5.41) is 13.3. The molecule has 1 heterocycles. The van der Waals surface area contributed by atoms with Gasteiger partial charge in [0.05, 0.1) is 12.7 Å². The van der Waals surface area contributed by atoms with E-state index in [1.807, 2.05) is 31.2 Å². The van der Waals surface area contributed by atoms with Crippen LogP contribution >= 0.6 is 0 Å². The largest absolute Gasteiger partial charge is 0.460 e. The summed E-state index contributed by atoms with van der Waals surface area (Å²) in [5.41, 5.74) is 1.77. The minimum Gasteiger partial charge on any atom is -0.460 e. The van der Waals surface area contributed by atoms with Crippen molar-refractivity contribution < 1.29 is 19.1 Å². The Morgan fingerprint density at radius 3 is 2.96 bits per heavy atom. The lowest BCUT2D eigenvalue weighted by atomic mass is 10.1. The molecule has 23 heavy (non-hydrogen) atoms. The molecule has 0 spiro atoms. The SMILES string of the molecule is CCc1oc2ccccc2c1/C=C/C(=O)NCCC(O)COC. The van der Waals surface area contributed by atoms with Gasteiger partial charge in [0.25, 0.3) is 0 Å². The molecule has 2 N–H and O–H groups in total. The molecule has 2 aromatic rings. The molecule has 5 nitrogen and oxygen atoms in total. The summed E-state index contributed by atoms with van der Waals surface area (Å²) in [7, 11) is 1.53. The number of nitrogens with one attached hydrogen (secondary N) is 1. The van der Waals surface area contributed by atoms with Crippen molar-refractivity contribution in [1.29, 1.82) is 0 Å². The Morgan fingerprint density at radius 2 is 2.22 bits per heavy atom. The zero-order chi connectivity index (χ0) is 16.7. The number of fused-ring (bicyclic) bond motifs is 1. The Balaban J connectivity index is 1.98. The second-order valence-electron chi connectivity index (χ2n) is 5.31. The van der Waals surface area contributed by atoms with Crippen molar-refractivity contribution in [3.8, 4) is 0 Å². The summed E-state index contributed by atoms with van der Waals surface area (Å²) < 4.78 is 10.6. The normalized spacial score (nSPS) is 12.8. The van der Waals surface area contributed by atoms with Gasteiger partial charge in [0.15, 0.2) is 0 Å². The maximum atomic E-state index is 11.9. The van der Waals surface area contributed by atoms with E-state index in [2.05, 4.69) is 5.32 Å². The van der Waals surface area contributed by atoms with E-state index >= 15 is 0 Å². The molecular weight excluding hydrogens is 294 g/mol. The predicted molar refractivity (Wildman–Crippen MR) is 90.1 cm³/mol. The first-order valence-corrected chi connectivity index (χ1v) is 7.79. The maximum absolute atomic E-state index is 11.9. The lowest BCUT2D eigenvalue weighted by molar-refractivity contribution is -0.116. The topological polar surface area (TPSA) is 71.7 Å². The quantitative estimate of drug-likeness (QED) is 0.734. The van der Waals surface area contributed by atoms with Crippen LogP contribution in [0.25, 0.3) is 17.0 Å². The number of hydrogen-bond acceptors (Lipinski definition) is 4. The van der Waals surface area contributed by atoms with Gasteiger partial charge in [0.1, 0.15) is 11.3 Å². The van der Waals surface area contributed by atoms with E-state index in [1.54, 1.807) is 6.08 Å². The number of amides is 1. The summed E-state index contributed by atoms with van der Waals surface area (Å²) >= 11 is 0. The Morgan fingerprint density at radius 1 is 1.43 bits per heavy atom. The van der Waals surface area contributed by atoms with E-state index < -0.39 is 6.10 Å². The van der Waals surface area contributed by atoms with Gasteiger partial charge in [0.2, 0.25) is 5.91 Å². The maximum Gasteiger partial charge on any atom is 0.244 e. The van der Waals surface area contributed by atoms with Crippen molar-refractivity contribution in [2.45, 2.75) is 25.9 Å². The first kappa shape index (κ1) is 17.2. The van der Waals surface area contributed by atoms with Crippen LogP contribution in [0.15, 0.2) is 34.8 Å². The van der Waals surface area contributed by atoms with E-state index in [4.69, 9.17) is 9.15 Å². The fraction of sp³-hybridized carbons (Fsp3) is 0.389. The number of hydrogen-bond donors (Lipinski definition) is 2. The molecule has 124 valence electrons. The lowest BCUT2D eigenvalue weighted by Gasteiger charge is -2.08. The number of methoxy groups -OCH3 is 1. The van der Waals surface area contributed by atoms with E-state index in [9.17, 15) is 9.90 Å². The third-order valence-corrected chi connectivity index (χ3v) is 3.57. The Labute approximate surface area is 135 Å². The fourth-order valence-electron chi connectivity index (χ4n) is 2.42. The molecule has 1 atom stereocenters. The highest BCUT2D eigenvalue weighted by molar-refractivity contribution is 5.96. The number of carbonyl (C=O) groups excluding carboxylic acids is 1. The molecule has 1 aromatic carbocycles. The van der Waals surface area contributed by atoms with Crippen LogP contribution in [0.1, 0.15) is 24.7 Å². The number of aryl methyl sites for hydroxylation is 1. The van der Waals surface area contributed by atoms with Crippen LogP contribution in [0.5, 0.6) is 0 Å². The molecule has 0 saturated heterocycles. The molecular formula is C18H23NO4. The summed E-state index contributed by atoms with van der Waals surface area (Å²) in [6.45, 7) is 2.69. The van der Waals surface area contributed by atoms with Gasteiger partial charge in [-0.25, -0.2) is 0 Å². The van der Waals surface area contributed by atoms with Gasteiger partial charge in [-0.05, 0) is 18.6 Å². The Hall–Kier alpha value is -2.11. The van der Waals surface area contributed by atoms with Crippen LogP contribution in [0.4, 0.5) is 0 Å².